The number of rotatable bonds is 6. The molecule has 0 radical (unpaired) electrons. The van der Waals surface area contributed by atoms with E-state index in [0.717, 1.165) is 16.9 Å². The highest BCUT2D eigenvalue weighted by Crippen LogP contribution is 2.29. The summed E-state index contributed by atoms with van der Waals surface area (Å²) in [5.41, 5.74) is 1.41. The summed E-state index contributed by atoms with van der Waals surface area (Å²) in [7, 11) is 0. The van der Waals surface area contributed by atoms with Crippen LogP contribution in [0.25, 0.3) is 0 Å². The number of ether oxygens (including phenoxy) is 1. The molecule has 0 spiro atoms. The molecule has 2 atom stereocenters. The molecule has 0 bridgehead atoms. The lowest BCUT2D eigenvalue weighted by molar-refractivity contribution is -0.136. The molecular weight excluding hydrogens is 546 g/mol. The lowest BCUT2D eigenvalue weighted by atomic mass is 10.1. The molecule has 3 N–H and O–H groups in total. The number of phenols is 1. The highest BCUT2D eigenvalue weighted by atomic mass is 32.1. The monoisotopic (exact) mass is 583 g/mol. The highest BCUT2D eigenvalue weighted by molar-refractivity contribution is 7.17. The Bertz CT molecular complexity index is 1430. The summed E-state index contributed by atoms with van der Waals surface area (Å²) in [5, 5.41) is 20.8. The smallest absolute Gasteiger partial charge is 0.410 e. The van der Waals surface area contributed by atoms with E-state index in [1.807, 2.05) is 41.5 Å². The quantitative estimate of drug-likeness (QED) is 0.385. The summed E-state index contributed by atoms with van der Waals surface area (Å²) in [6.07, 6.45) is 2.79. The van der Waals surface area contributed by atoms with Gasteiger partial charge in [0.25, 0.3) is 5.91 Å². The Kier molecular flexibility index (Phi) is 8.57. The van der Waals surface area contributed by atoms with E-state index < -0.39 is 5.60 Å². The molecule has 0 aliphatic carbocycles. The summed E-state index contributed by atoms with van der Waals surface area (Å²) >= 11 is 1.16. The fourth-order valence-corrected chi connectivity index (χ4v) is 5.42. The molecule has 0 unspecified atom stereocenters. The molecule has 1 aliphatic heterocycles. The zero-order valence-electron chi connectivity index (χ0n) is 24.4. The van der Waals surface area contributed by atoms with Crippen LogP contribution in [-0.4, -0.2) is 78.4 Å². The molecule has 13 heteroatoms. The van der Waals surface area contributed by atoms with Gasteiger partial charge in [0.05, 0.1) is 24.0 Å². The SMILES string of the molecule is Cc1ccc(O)c(C)c1NC(=O)c1cnc(Nc2ccn(CC(=O)N3C[C@@H](C)N(C(=O)OC(C)(C)C)[C@@H](C)C3)n2)s1. The number of hydrogen-bond donors (Lipinski definition) is 3. The molecule has 3 amide bonds. The van der Waals surface area contributed by atoms with Crippen LogP contribution >= 0.6 is 11.3 Å². The standard InChI is InChI=1S/C28H37N7O5S/c1-16-8-9-20(36)19(4)24(16)31-25(38)21-12-29-26(41-21)30-22-10-11-34(32-22)15-23(37)33-13-17(2)35(18(3)14-33)27(39)40-28(5,6)7/h8-12,17-18,36H,13-15H2,1-7H3,(H,31,38)(H,29,30,32)/t17-,18+. The maximum atomic E-state index is 13.1. The van der Waals surface area contributed by atoms with Gasteiger partial charge in [-0.3, -0.25) is 19.2 Å². The number of piperazine rings is 1. The normalized spacial score (nSPS) is 17.3. The zero-order chi connectivity index (χ0) is 30.1. The van der Waals surface area contributed by atoms with Gasteiger partial charge >= 0.3 is 6.09 Å². The number of phenolic OH excluding ortho intramolecular Hbond substituents is 1. The largest absolute Gasteiger partial charge is 0.508 e. The van der Waals surface area contributed by atoms with E-state index in [4.69, 9.17) is 4.74 Å². The number of aromatic nitrogens is 3. The number of aryl methyl sites for hydroxylation is 1. The van der Waals surface area contributed by atoms with E-state index in [9.17, 15) is 19.5 Å². The summed E-state index contributed by atoms with van der Waals surface area (Å²) in [4.78, 5) is 46.6. The molecule has 220 valence electrons. The molecular formula is C28H37N7O5S. The first-order valence-electron chi connectivity index (χ1n) is 13.4. The molecule has 3 aromatic rings. The van der Waals surface area contributed by atoms with Crippen LogP contribution < -0.4 is 10.6 Å². The van der Waals surface area contributed by atoms with Crippen molar-refractivity contribution in [3.8, 4) is 5.75 Å². The average Bonchev–Trinajstić information content (AvgIpc) is 3.52. The summed E-state index contributed by atoms with van der Waals surface area (Å²) in [6.45, 7) is 13.8. The van der Waals surface area contributed by atoms with Crippen LogP contribution in [0.15, 0.2) is 30.6 Å². The van der Waals surface area contributed by atoms with E-state index in [-0.39, 0.29) is 42.3 Å². The second-order valence-electron chi connectivity index (χ2n) is 11.3. The molecule has 1 aromatic carbocycles. The van der Waals surface area contributed by atoms with Crippen LogP contribution in [0.3, 0.4) is 0 Å². The molecule has 41 heavy (non-hydrogen) atoms. The Morgan fingerprint density at radius 1 is 1.12 bits per heavy atom. The van der Waals surface area contributed by atoms with Gasteiger partial charge in [-0.15, -0.1) is 0 Å². The molecule has 1 aliphatic rings. The van der Waals surface area contributed by atoms with Crippen molar-refractivity contribution in [2.45, 2.75) is 72.7 Å². The minimum absolute atomic E-state index is 0.0434. The van der Waals surface area contributed by atoms with Crippen molar-refractivity contribution in [1.82, 2.24) is 24.6 Å². The lowest BCUT2D eigenvalue weighted by Gasteiger charge is -2.44. The zero-order valence-corrected chi connectivity index (χ0v) is 25.2. The van der Waals surface area contributed by atoms with Crippen LogP contribution in [-0.2, 0) is 16.1 Å². The number of anilines is 3. The Hall–Kier alpha value is -4.13. The topological polar surface area (TPSA) is 142 Å². The van der Waals surface area contributed by atoms with Crippen molar-refractivity contribution in [2.75, 3.05) is 23.7 Å². The van der Waals surface area contributed by atoms with Crippen LogP contribution in [0, 0.1) is 13.8 Å². The third-order valence-electron chi connectivity index (χ3n) is 6.66. The third kappa shape index (κ3) is 7.15. The first kappa shape index (κ1) is 29.8. The summed E-state index contributed by atoms with van der Waals surface area (Å²) in [6, 6.07) is 4.67. The number of benzene rings is 1. The first-order chi connectivity index (χ1) is 19.2. The number of hydrogen-bond acceptors (Lipinski definition) is 9. The predicted molar refractivity (Wildman–Crippen MR) is 157 cm³/mol. The van der Waals surface area contributed by atoms with Gasteiger partial charge < -0.3 is 25.4 Å². The fraction of sp³-hybridized carbons (Fsp3) is 0.464. The number of aromatic hydroxyl groups is 1. The van der Waals surface area contributed by atoms with E-state index >= 15 is 0 Å². The van der Waals surface area contributed by atoms with E-state index in [1.165, 1.54) is 10.9 Å². The second-order valence-corrected chi connectivity index (χ2v) is 12.3. The van der Waals surface area contributed by atoms with Crippen molar-refractivity contribution >= 4 is 45.9 Å². The molecule has 0 saturated carbocycles. The number of amides is 3. The number of carbonyl (C=O) groups is 3. The highest BCUT2D eigenvalue weighted by Gasteiger charge is 2.37. The third-order valence-corrected chi connectivity index (χ3v) is 7.57. The van der Waals surface area contributed by atoms with E-state index in [2.05, 4.69) is 20.7 Å². The Labute approximate surface area is 243 Å². The minimum Gasteiger partial charge on any atom is -0.508 e. The van der Waals surface area contributed by atoms with Crippen molar-refractivity contribution < 1.29 is 24.2 Å². The van der Waals surface area contributed by atoms with Crippen LogP contribution in [0.4, 0.5) is 21.4 Å². The predicted octanol–water partition coefficient (Wildman–Crippen LogP) is 4.51. The van der Waals surface area contributed by atoms with Crippen molar-refractivity contribution in [2.24, 2.45) is 0 Å². The molecule has 3 heterocycles. The molecule has 12 nitrogen and oxygen atoms in total. The number of nitrogens with zero attached hydrogens (tertiary/aromatic N) is 5. The summed E-state index contributed by atoms with van der Waals surface area (Å²) < 4.78 is 7.08. The molecule has 1 saturated heterocycles. The van der Waals surface area contributed by atoms with Gasteiger partial charge in [0.2, 0.25) is 5.91 Å². The Morgan fingerprint density at radius 3 is 2.46 bits per heavy atom. The van der Waals surface area contributed by atoms with Crippen LogP contribution in [0.2, 0.25) is 0 Å². The minimum atomic E-state index is -0.590. The maximum Gasteiger partial charge on any atom is 0.410 e. The van der Waals surface area contributed by atoms with Gasteiger partial charge in [-0.1, -0.05) is 17.4 Å². The fourth-order valence-electron chi connectivity index (χ4n) is 4.71. The van der Waals surface area contributed by atoms with E-state index in [1.54, 1.807) is 41.1 Å². The van der Waals surface area contributed by atoms with Crippen molar-refractivity contribution in [3.05, 3.63) is 46.6 Å². The van der Waals surface area contributed by atoms with Gasteiger partial charge in [-0.2, -0.15) is 5.10 Å². The van der Waals surface area contributed by atoms with Gasteiger partial charge in [0, 0.05) is 30.9 Å². The van der Waals surface area contributed by atoms with E-state index in [0.29, 0.717) is 40.2 Å². The summed E-state index contributed by atoms with van der Waals surface area (Å²) in [5.74, 6) is 0.153. The van der Waals surface area contributed by atoms with Crippen molar-refractivity contribution in [1.29, 1.82) is 0 Å². The van der Waals surface area contributed by atoms with Gasteiger partial charge in [-0.05, 0) is 60.1 Å². The Morgan fingerprint density at radius 2 is 1.80 bits per heavy atom. The van der Waals surface area contributed by atoms with Gasteiger partial charge in [0.1, 0.15) is 22.8 Å². The molecule has 4 rings (SSSR count). The number of carbonyl (C=O) groups excluding carboxylic acids is 3. The Balaban J connectivity index is 1.33. The maximum absolute atomic E-state index is 13.1. The average molecular weight is 584 g/mol. The number of nitrogens with one attached hydrogen (secondary N) is 2. The number of thiazole rings is 1. The van der Waals surface area contributed by atoms with Crippen LogP contribution in [0.5, 0.6) is 5.75 Å². The molecule has 2 aromatic heterocycles. The van der Waals surface area contributed by atoms with Gasteiger partial charge in [-0.25, -0.2) is 9.78 Å². The van der Waals surface area contributed by atoms with Crippen molar-refractivity contribution in [3.63, 3.8) is 0 Å². The first-order valence-corrected chi connectivity index (χ1v) is 14.2. The van der Waals surface area contributed by atoms with Crippen LogP contribution in [0.1, 0.15) is 55.4 Å². The molecule has 1 fully saturated rings. The lowest BCUT2D eigenvalue weighted by Crippen LogP contribution is -2.60. The van der Waals surface area contributed by atoms with Gasteiger partial charge in [0.15, 0.2) is 10.9 Å². The second kappa shape index (κ2) is 11.8.